The Kier molecular flexibility index (Phi) is 6.93. The third kappa shape index (κ3) is 4.93. The van der Waals surface area contributed by atoms with E-state index in [1.54, 1.807) is 6.20 Å². The number of carbonyl (C=O) groups is 2. The molecule has 0 bridgehead atoms. The lowest BCUT2D eigenvalue weighted by Gasteiger charge is -2.26. The summed E-state index contributed by atoms with van der Waals surface area (Å²) in [4.78, 5) is 27.8. The quantitative estimate of drug-likeness (QED) is 0.410. The van der Waals surface area contributed by atoms with Crippen molar-refractivity contribution < 1.29 is 14.3 Å². The predicted molar refractivity (Wildman–Crippen MR) is 141 cm³/mol. The van der Waals surface area contributed by atoms with Gasteiger partial charge in [0, 0.05) is 54.1 Å². The molecule has 3 aromatic carbocycles. The third-order valence-corrected chi connectivity index (χ3v) is 6.39. The maximum Gasteiger partial charge on any atom is 0.254 e. The molecular weight excluding hydrogens is 452 g/mol. The molecule has 0 radical (unpaired) electrons. The highest BCUT2D eigenvalue weighted by atomic mass is 16.5. The number of hydrogen-bond acceptors (Lipinski definition) is 4. The summed E-state index contributed by atoms with van der Waals surface area (Å²) in [7, 11) is 0. The lowest BCUT2D eigenvalue weighted by Crippen LogP contribution is -2.40. The Hall–Kier alpha value is -4.20. The van der Waals surface area contributed by atoms with E-state index in [1.807, 2.05) is 41.3 Å². The highest BCUT2D eigenvalue weighted by Crippen LogP contribution is 2.34. The molecule has 0 unspecified atom stereocenters. The first kappa shape index (κ1) is 23.5. The Balaban J connectivity index is 0.000000477. The normalized spacial score (nSPS) is 14.6. The van der Waals surface area contributed by atoms with Gasteiger partial charge in [-0.15, -0.1) is 0 Å². The number of aromatic nitrogens is 1. The average molecular weight is 481 g/mol. The first-order valence-electron chi connectivity index (χ1n) is 12.0. The fourth-order valence-electron chi connectivity index (χ4n) is 4.40. The minimum Gasteiger partial charge on any atom is -0.378 e. The summed E-state index contributed by atoms with van der Waals surface area (Å²) in [6.07, 6.45) is 3.07. The zero-order valence-corrected chi connectivity index (χ0v) is 19.9. The van der Waals surface area contributed by atoms with Gasteiger partial charge in [-0.05, 0) is 46.5 Å². The van der Waals surface area contributed by atoms with E-state index in [4.69, 9.17) is 10.5 Å². The van der Waals surface area contributed by atoms with Crippen LogP contribution in [0.4, 0.5) is 0 Å². The maximum atomic E-state index is 12.7. The number of H-pyrrole nitrogens is 1. The molecule has 1 aromatic heterocycles. The molecule has 2 aliphatic rings. The fraction of sp³-hybridized carbons (Fsp3) is 0.172. The summed E-state index contributed by atoms with van der Waals surface area (Å²) >= 11 is 0. The van der Waals surface area contributed by atoms with Crippen LogP contribution in [-0.4, -0.2) is 48.0 Å². The van der Waals surface area contributed by atoms with Crippen molar-refractivity contribution in [1.82, 2.24) is 15.2 Å². The number of hydrogen-bond donors (Lipinski definition) is 3. The predicted octanol–water partition coefficient (Wildman–Crippen LogP) is 4.06. The van der Waals surface area contributed by atoms with Gasteiger partial charge in [0.2, 0.25) is 5.91 Å². The molecule has 0 atom stereocenters. The highest BCUT2D eigenvalue weighted by molar-refractivity contribution is 5.99. The first-order valence-corrected chi connectivity index (χ1v) is 12.0. The van der Waals surface area contributed by atoms with E-state index in [-0.39, 0.29) is 11.8 Å². The van der Waals surface area contributed by atoms with Gasteiger partial charge in [0.15, 0.2) is 0 Å². The molecule has 0 aliphatic carbocycles. The third-order valence-electron chi connectivity index (χ3n) is 6.39. The number of nitrogens with zero attached hydrogens (tertiary/aromatic N) is 1. The van der Waals surface area contributed by atoms with Gasteiger partial charge in [-0.1, -0.05) is 48.5 Å². The zero-order valence-electron chi connectivity index (χ0n) is 19.9. The lowest BCUT2D eigenvalue weighted by molar-refractivity contribution is -0.117. The topological polar surface area (TPSA) is 100 Å². The van der Waals surface area contributed by atoms with Gasteiger partial charge in [-0.3, -0.25) is 9.59 Å². The summed E-state index contributed by atoms with van der Waals surface area (Å²) in [5.41, 5.74) is 13.3. The Labute approximate surface area is 209 Å². The van der Waals surface area contributed by atoms with Crippen LogP contribution in [0.1, 0.15) is 15.9 Å². The van der Waals surface area contributed by atoms with E-state index < -0.39 is 0 Å². The van der Waals surface area contributed by atoms with Gasteiger partial charge in [0.25, 0.3) is 5.91 Å². The lowest BCUT2D eigenvalue weighted by atomic mass is 9.96. The second kappa shape index (κ2) is 10.6. The number of benzene rings is 3. The molecule has 1 saturated heterocycles. The van der Waals surface area contributed by atoms with Crippen LogP contribution in [0.3, 0.4) is 0 Å². The Morgan fingerprint density at radius 2 is 1.64 bits per heavy atom. The van der Waals surface area contributed by atoms with Crippen LogP contribution < -0.4 is 11.1 Å². The van der Waals surface area contributed by atoms with E-state index in [0.29, 0.717) is 38.4 Å². The average Bonchev–Trinajstić information content (AvgIpc) is 3.37. The second-order valence-electron chi connectivity index (χ2n) is 8.63. The molecule has 0 saturated carbocycles. The largest absolute Gasteiger partial charge is 0.378 e. The SMILES string of the molecule is NCc1ccccc1-c1cccc2[nH]c(-c3ccc(C(=O)N4CCOCC4)cc3)cc12.O=C1C=CN1. The van der Waals surface area contributed by atoms with Crippen molar-refractivity contribution in [2.75, 3.05) is 26.3 Å². The molecule has 6 rings (SSSR count). The van der Waals surface area contributed by atoms with Gasteiger partial charge >= 0.3 is 0 Å². The second-order valence-corrected chi connectivity index (χ2v) is 8.63. The number of carbonyl (C=O) groups excluding carboxylic acids is 2. The van der Waals surface area contributed by atoms with E-state index in [0.717, 1.165) is 33.3 Å². The van der Waals surface area contributed by atoms with E-state index in [2.05, 4.69) is 46.7 Å². The van der Waals surface area contributed by atoms with Gasteiger partial charge in [0.05, 0.1) is 13.2 Å². The molecule has 4 aromatic rings. The number of rotatable bonds is 4. The van der Waals surface area contributed by atoms with Crippen LogP contribution in [0.15, 0.2) is 85.1 Å². The summed E-state index contributed by atoms with van der Waals surface area (Å²) < 4.78 is 5.34. The van der Waals surface area contributed by atoms with Crippen LogP contribution in [0.25, 0.3) is 33.3 Å². The van der Waals surface area contributed by atoms with Crippen molar-refractivity contribution in [1.29, 1.82) is 0 Å². The van der Waals surface area contributed by atoms with Crippen molar-refractivity contribution in [2.24, 2.45) is 5.73 Å². The van der Waals surface area contributed by atoms with Gasteiger partial charge in [-0.25, -0.2) is 0 Å². The Morgan fingerprint density at radius 3 is 2.31 bits per heavy atom. The molecule has 4 N–H and O–H groups in total. The number of amides is 2. The Morgan fingerprint density at radius 1 is 0.944 bits per heavy atom. The standard InChI is InChI=1S/C26H25N3O2.C3H3NO/c27-17-20-4-1-2-5-21(20)22-6-3-7-24-23(22)16-25(28-24)18-8-10-19(11-9-18)26(30)29-12-14-31-15-13-29;5-3-1-2-4-3/h1-11,16,28H,12-15,17,27H2;1-2H,(H,4,5). The highest BCUT2D eigenvalue weighted by Gasteiger charge is 2.18. The first-order chi connectivity index (χ1) is 17.6. The molecule has 3 heterocycles. The number of aromatic amines is 1. The number of ether oxygens (including phenoxy) is 1. The zero-order chi connectivity index (χ0) is 24.9. The molecule has 1 fully saturated rings. The Bertz CT molecular complexity index is 1420. The van der Waals surface area contributed by atoms with Crippen molar-refractivity contribution in [3.8, 4) is 22.4 Å². The maximum absolute atomic E-state index is 12.7. The van der Waals surface area contributed by atoms with Crippen LogP contribution >= 0.6 is 0 Å². The van der Waals surface area contributed by atoms with Gasteiger partial charge in [0.1, 0.15) is 0 Å². The van der Waals surface area contributed by atoms with Crippen molar-refractivity contribution in [3.63, 3.8) is 0 Å². The minimum atomic E-state index is 0.00463. The molecule has 7 nitrogen and oxygen atoms in total. The summed E-state index contributed by atoms with van der Waals surface area (Å²) in [5, 5.41) is 3.55. The molecule has 36 heavy (non-hydrogen) atoms. The minimum absolute atomic E-state index is 0.00463. The van der Waals surface area contributed by atoms with Gasteiger partial charge in [-0.2, -0.15) is 0 Å². The fourth-order valence-corrected chi connectivity index (χ4v) is 4.40. The molecule has 7 heteroatoms. The molecule has 2 amide bonds. The summed E-state index contributed by atoms with van der Waals surface area (Å²) in [5.74, 6) is 0.0668. The summed E-state index contributed by atoms with van der Waals surface area (Å²) in [6, 6.07) is 24.6. The monoisotopic (exact) mass is 480 g/mol. The van der Waals surface area contributed by atoms with Crippen LogP contribution in [0.5, 0.6) is 0 Å². The molecule has 0 spiro atoms. The number of nitrogens with one attached hydrogen (secondary N) is 2. The van der Waals surface area contributed by atoms with Crippen molar-refractivity contribution >= 4 is 22.7 Å². The van der Waals surface area contributed by atoms with Crippen LogP contribution in [0, 0.1) is 0 Å². The molecule has 182 valence electrons. The number of nitrogens with two attached hydrogens (primary N) is 1. The number of fused-ring (bicyclic) bond motifs is 1. The molecular formula is C29H28N4O3. The van der Waals surface area contributed by atoms with Crippen LogP contribution in [0.2, 0.25) is 0 Å². The van der Waals surface area contributed by atoms with Crippen LogP contribution in [-0.2, 0) is 16.1 Å². The van der Waals surface area contributed by atoms with Gasteiger partial charge < -0.3 is 25.7 Å². The van der Waals surface area contributed by atoms with E-state index in [1.165, 1.54) is 11.6 Å². The smallest absolute Gasteiger partial charge is 0.254 e. The van der Waals surface area contributed by atoms with E-state index in [9.17, 15) is 9.59 Å². The summed E-state index contributed by atoms with van der Waals surface area (Å²) in [6.45, 7) is 3.01. The van der Waals surface area contributed by atoms with Crippen molar-refractivity contribution in [3.05, 3.63) is 96.2 Å². The number of morpholine rings is 1. The molecule has 2 aliphatic heterocycles. The van der Waals surface area contributed by atoms with Crippen molar-refractivity contribution in [2.45, 2.75) is 6.54 Å². The van der Waals surface area contributed by atoms with E-state index >= 15 is 0 Å².